The van der Waals surface area contributed by atoms with Crippen LogP contribution in [0.4, 0.5) is 14.6 Å². The first-order chi connectivity index (χ1) is 13.1. The Balaban J connectivity index is 1.66. The van der Waals surface area contributed by atoms with E-state index in [0.717, 1.165) is 23.4 Å². The van der Waals surface area contributed by atoms with Gasteiger partial charge in [-0.15, -0.1) is 0 Å². The third-order valence-corrected chi connectivity index (χ3v) is 4.21. The zero-order chi connectivity index (χ0) is 18.8. The van der Waals surface area contributed by atoms with E-state index < -0.39 is 11.6 Å². The van der Waals surface area contributed by atoms with Gasteiger partial charge in [0.25, 0.3) is 0 Å². The Labute approximate surface area is 154 Å². The molecule has 0 aliphatic heterocycles. The second kappa shape index (κ2) is 7.03. The van der Waals surface area contributed by atoms with Gasteiger partial charge in [-0.1, -0.05) is 12.1 Å². The van der Waals surface area contributed by atoms with E-state index in [-0.39, 0.29) is 0 Å². The summed E-state index contributed by atoms with van der Waals surface area (Å²) in [7, 11) is 1.62. The van der Waals surface area contributed by atoms with Crippen molar-refractivity contribution < 1.29 is 13.5 Å². The lowest BCUT2D eigenvalue weighted by molar-refractivity contribution is 0.414. The summed E-state index contributed by atoms with van der Waals surface area (Å²) in [4.78, 5) is 4.47. The van der Waals surface area contributed by atoms with Gasteiger partial charge in [-0.3, -0.25) is 0 Å². The highest BCUT2D eigenvalue weighted by atomic mass is 19.2. The fourth-order valence-corrected chi connectivity index (χ4v) is 2.78. The Morgan fingerprint density at radius 2 is 1.81 bits per heavy atom. The van der Waals surface area contributed by atoms with Crippen molar-refractivity contribution in [3.05, 3.63) is 78.0 Å². The molecule has 2 aromatic heterocycles. The third kappa shape index (κ3) is 3.44. The van der Waals surface area contributed by atoms with Crippen molar-refractivity contribution in [2.45, 2.75) is 6.54 Å². The van der Waals surface area contributed by atoms with Crippen LogP contribution in [0.25, 0.3) is 16.9 Å². The van der Waals surface area contributed by atoms with Crippen LogP contribution in [-0.2, 0) is 6.54 Å². The van der Waals surface area contributed by atoms with Crippen LogP contribution < -0.4 is 10.1 Å². The molecule has 0 saturated carbocycles. The maximum atomic E-state index is 13.6. The number of methoxy groups -OCH3 is 1. The molecule has 5 nitrogen and oxygen atoms in total. The fraction of sp³-hybridized carbons (Fsp3) is 0.100. The first-order valence-electron chi connectivity index (χ1n) is 8.31. The highest BCUT2D eigenvalue weighted by Crippen LogP contribution is 2.24. The van der Waals surface area contributed by atoms with Crippen LogP contribution in [0, 0.1) is 11.6 Å². The lowest BCUT2D eigenvalue weighted by Gasteiger charge is -2.11. The minimum atomic E-state index is -0.907. The molecule has 136 valence electrons. The van der Waals surface area contributed by atoms with Crippen molar-refractivity contribution >= 4 is 11.5 Å². The molecule has 0 radical (unpaired) electrons. The van der Waals surface area contributed by atoms with Crippen molar-refractivity contribution in [1.82, 2.24) is 14.6 Å². The lowest BCUT2D eigenvalue weighted by Crippen LogP contribution is -2.06. The van der Waals surface area contributed by atoms with E-state index >= 15 is 0 Å². The molecule has 0 atom stereocenters. The summed E-state index contributed by atoms with van der Waals surface area (Å²) in [6, 6.07) is 14.9. The third-order valence-electron chi connectivity index (χ3n) is 4.21. The first kappa shape index (κ1) is 17.0. The minimum Gasteiger partial charge on any atom is -0.497 e. The summed E-state index contributed by atoms with van der Waals surface area (Å²) in [6.07, 6.45) is 1.63. The molecule has 0 aliphatic rings. The van der Waals surface area contributed by atoms with Crippen LogP contribution in [0.15, 0.2) is 60.8 Å². The molecule has 0 spiro atoms. The minimum absolute atomic E-state index is 0.491. The smallest absolute Gasteiger partial charge is 0.159 e. The van der Waals surface area contributed by atoms with Gasteiger partial charge >= 0.3 is 0 Å². The normalized spacial score (nSPS) is 10.9. The predicted molar refractivity (Wildman–Crippen MR) is 98.7 cm³/mol. The molecule has 4 aromatic rings. The maximum Gasteiger partial charge on any atom is 0.159 e. The number of benzene rings is 2. The first-order valence-corrected chi connectivity index (χ1v) is 8.31. The molecule has 4 rings (SSSR count). The van der Waals surface area contributed by atoms with Crippen LogP contribution >= 0.6 is 0 Å². The van der Waals surface area contributed by atoms with E-state index in [2.05, 4.69) is 15.4 Å². The van der Waals surface area contributed by atoms with Gasteiger partial charge in [-0.25, -0.2) is 13.8 Å². The molecule has 0 unspecified atom stereocenters. The van der Waals surface area contributed by atoms with Crippen molar-refractivity contribution in [3.8, 4) is 17.0 Å². The molecule has 27 heavy (non-hydrogen) atoms. The molecule has 0 bridgehead atoms. The molecule has 0 fully saturated rings. The second-order valence-corrected chi connectivity index (χ2v) is 5.96. The van der Waals surface area contributed by atoms with Crippen LogP contribution in [0.3, 0.4) is 0 Å². The number of anilines is 1. The molecular weight excluding hydrogens is 350 g/mol. The number of rotatable bonds is 5. The summed E-state index contributed by atoms with van der Waals surface area (Å²) in [5.74, 6) is -0.309. The molecule has 0 amide bonds. The predicted octanol–water partition coefficient (Wildman–Crippen LogP) is 4.30. The summed E-state index contributed by atoms with van der Waals surface area (Å²) >= 11 is 0. The van der Waals surface area contributed by atoms with Crippen LogP contribution in [0.1, 0.15) is 5.56 Å². The van der Waals surface area contributed by atoms with E-state index in [0.29, 0.717) is 29.3 Å². The average Bonchev–Trinajstić information content (AvgIpc) is 3.17. The van der Waals surface area contributed by atoms with E-state index in [4.69, 9.17) is 4.74 Å². The molecule has 2 heterocycles. The van der Waals surface area contributed by atoms with Gasteiger partial charge in [-0.05, 0) is 35.9 Å². The summed E-state index contributed by atoms with van der Waals surface area (Å²) in [5.41, 5.74) is 2.68. The van der Waals surface area contributed by atoms with Gasteiger partial charge in [-0.2, -0.15) is 9.61 Å². The molecule has 7 heteroatoms. The topological polar surface area (TPSA) is 51.5 Å². The Hall–Kier alpha value is -3.48. The van der Waals surface area contributed by atoms with E-state index in [1.165, 1.54) is 6.07 Å². The van der Waals surface area contributed by atoms with Crippen molar-refractivity contribution in [3.63, 3.8) is 0 Å². The van der Waals surface area contributed by atoms with Gasteiger partial charge in [0, 0.05) is 24.2 Å². The molecule has 2 aromatic carbocycles. The molecule has 1 N–H and O–H groups in total. The summed E-state index contributed by atoms with van der Waals surface area (Å²) < 4.78 is 33.7. The standard InChI is InChI=1S/C20H16F2N4O/c1-27-15-5-2-13(3-6-15)12-23-20-11-18(25-19-8-9-24-26(19)20)14-4-7-16(21)17(22)10-14/h2-11,23H,12H2,1H3. The average molecular weight is 366 g/mol. The van der Waals surface area contributed by atoms with Gasteiger partial charge in [0.2, 0.25) is 0 Å². The monoisotopic (exact) mass is 366 g/mol. The Morgan fingerprint density at radius 1 is 1.00 bits per heavy atom. The van der Waals surface area contributed by atoms with Crippen LogP contribution in [-0.4, -0.2) is 21.7 Å². The zero-order valence-corrected chi connectivity index (χ0v) is 14.5. The number of ether oxygens (including phenoxy) is 1. The summed E-state index contributed by atoms with van der Waals surface area (Å²) in [5, 5.41) is 7.58. The second-order valence-electron chi connectivity index (χ2n) is 5.96. The Kier molecular flexibility index (Phi) is 4.42. The van der Waals surface area contributed by atoms with Crippen molar-refractivity contribution in [2.75, 3.05) is 12.4 Å². The Morgan fingerprint density at radius 3 is 2.56 bits per heavy atom. The van der Waals surface area contributed by atoms with Crippen molar-refractivity contribution in [1.29, 1.82) is 0 Å². The SMILES string of the molecule is COc1ccc(CNc2cc(-c3ccc(F)c(F)c3)nc3ccnn23)cc1. The zero-order valence-electron chi connectivity index (χ0n) is 14.5. The highest BCUT2D eigenvalue weighted by molar-refractivity contribution is 5.66. The fourth-order valence-electron chi connectivity index (χ4n) is 2.78. The van der Waals surface area contributed by atoms with Gasteiger partial charge in [0.1, 0.15) is 11.6 Å². The number of nitrogens with one attached hydrogen (secondary N) is 1. The number of hydrogen-bond donors (Lipinski definition) is 1. The number of fused-ring (bicyclic) bond motifs is 1. The largest absolute Gasteiger partial charge is 0.497 e. The number of aromatic nitrogens is 3. The van der Waals surface area contributed by atoms with Crippen LogP contribution in [0.2, 0.25) is 0 Å². The Bertz CT molecular complexity index is 1090. The van der Waals surface area contributed by atoms with E-state index in [9.17, 15) is 8.78 Å². The van der Waals surface area contributed by atoms with Gasteiger partial charge < -0.3 is 10.1 Å². The van der Waals surface area contributed by atoms with Crippen LogP contribution in [0.5, 0.6) is 5.75 Å². The number of nitrogens with zero attached hydrogens (tertiary/aromatic N) is 3. The molecule has 0 aliphatic carbocycles. The van der Waals surface area contributed by atoms with Gasteiger partial charge in [0.15, 0.2) is 17.3 Å². The highest BCUT2D eigenvalue weighted by Gasteiger charge is 2.10. The number of hydrogen-bond acceptors (Lipinski definition) is 4. The quantitative estimate of drug-likeness (QED) is 0.572. The molecular formula is C20H16F2N4O. The van der Waals surface area contributed by atoms with E-state index in [1.54, 1.807) is 30.0 Å². The number of halogens is 2. The lowest BCUT2D eigenvalue weighted by atomic mass is 10.1. The van der Waals surface area contributed by atoms with Gasteiger partial charge in [0.05, 0.1) is 19.0 Å². The molecule has 0 saturated heterocycles. The van der Waals surface area contributed by atoms with Crippen molar-refractivity contribution in [2.24, 2.45) is 0 Å². The summed E-state index contributed by atoms with van der Waals surface area (Å²) in [6.45, 7) is 0.556. The maximum absolute atomic E-state index is 13.6. The van der Waals surface area contributed by atoms with E-state index in [1.807, 2.05) is 24.3 Å².